The van der Waals surface area contributed by atoms with E-state index in [9.17, 15) is 18.4 Å². The molecular formula is C23H29F2N3O3. The van der Waals surface area contributed by atoms with Crippen molar-refractivity contribution < 1.29 is 23.1 Å². The van der Waals surface area contributed by atoms with Crippen molar-refractivity contribution in [3.63, 3.8) is 0 Å². The minimum Gasteiger partial charge on any atom is -0.489 e. The zero-order chi connectivity index (χ0) is 22.1. The predicted molar refractivity (Wildman–Crippen MR) is 112 cm³/mol. The van der Waals surface area contributed by atoms with Gasteiger partial charge >= 0.3 is 0 Å². The molecule has 2 aliphatic heterocycles. The van der Waals surface area contributed by atoms with Gasteiger partial charge in [0.15, 0.2) is 0 Å². The first-order chi connectivity index (χ1) is 14.9. The highest BCUT2D eigenvalue weighted by atomic mass is 19.3. The summed E-state index contributed by atoms with van der Waals surface area (Å²) in [4.78, 5) is 28.6. The second-order valence-corrected chi connectivity index (χ2v) is 8.53. The minimum atomic E-state index is -2.37. The largest absolute Gasteiger partial charge is 0.489 e. The number of allylic oxidation sites excluding steroid dienone is 1. The maximum Gasteiger partial charge on any atom is 0.255 e. The van der Waals surface area contributed by atoms with Gasteiger partial charge in [-0.1, -0.05) is 13.5 Å². The Bertz CT molecular complexity index is 876. The number of nitrogens with one attached hydrogen (secondary N) is 1. The third-order valence-electron chi connectivity index (χ3n) is 6.56. The zero-order valence-electron chi connectivity index (χ0n) is 17.8. The molecule has 2 fully saturated rings. The Kier molecular flexibility index (Phi) is 6.27. The molecule has 6 nitrogen and oxygen atoms in total. The van der Waals surface area contributed by atoms with Gasteiger partial charge < -0.3 is 15.0 Å². The third kappa shape index (κ3) is 4.44. The van der Waals surface area contributed by atoms with Gasteiger partial charge in [0.2, 0.25) is 5.91 Å². The summed E-state index contributed by atoms with van der Waals surface area (Å²) in [5, 5.41) is 2.74. The van der Waals surface area contributed by atoms with E-state index in [0.717, 1.165) is 24.8 Å². The van der Waals surface area contributed by atoms with Crippen LogP contribution in [0.25, 0.3) is 0 Å². The number of ether oxygens (including phenoxy) is 1. The van der Waals surface area contributed by atoms with Gasteiger partial charge in [-0.2, -0.15) is 0 Å². The lowest BCUT2D eigenvalue weighted by Crippen LogP contribution is -2.49. The molecule has 2 heterocycles. The quantitative estimate of drug-likeness (QED) is 0.717. The van der Waals surface area contributed by atoms with E-state index in [2.05, 4.69) is 11.9 Å². The molecule has 0 radical (unpaired) electrons. The maximum atomic E-state index is 13.0. The number of carbonyl (C=O) groups is 2. The van der Waals surface area contributed by atoms with Crippen LogP contribution < -0.4 is 10.1 Å². The van der Waals surface area contributed by atoms with E-state index < -0.39 is 12.5 Å². The van der Waals surface area contributed by atoms with Crippen LogP contribution in [0.15, 0.2) is 30.5 Å². The summed E-state index contributed by atoms with van der Waals surface area (Å²) in [5.41, 5.74) is 2.09. The number of piperidine rings is 1. The fraction of sp³-hybridized carbons (Fsp3) is 0.565. The summed E-state index contributed by atoms with van der Waals surface area (Å²) in [7, 11) is 0. The number of hydrogen-bond acceptors (Lipinski definition) is 4. The molecule has 1 aromatic rings. The lowest BCUT2D eigenvalue weighted by atomic mass is 10.0. The number of likely N-dealkylation sites (N-methyl/N-ethyl adjacent to an activating group) is 1. The first-order valence-corrected chi connectivity index (χ1v) is 11.0. The molecule has 4 rings (SSSR count). The van der Waals surface area contributed by atoms with E-state index in [1.807, 2.05) is 13.0 Å². The van der Waals surface area contributed by atoms with E-state index in [-0.39, 0.29) is 30.5 Å². The van der Waals surface area contributed by atoms with Crippen LogP contribution in [0.3, 0.4) is 0 Å². The molecule has 31 heavy (non-hydrogen) atoms. The number of amides is 2. The number of nitrogens with zero attached hydrogens (tertiary/aromatic N) is 2. The summed E-state index contributed by atoms with van der Waals surface area (Å²) in [6.45, 7) is 6.35. The van der Waals surface area contributed by atoms with Crippen molar-refractivity contribution in [2.45, 2.75) is 70.2 Å². The lowest BCUT2D eigenvalue weighted by molar-refractivity contribution is -0.126. The second-order valence-electron chi connectivity index (χ2n) is 8.53. The highest BCUT2D eigenvalue weighted by Gasteiger charge is 2.39. The van der Waals surface area contributed by atoms with Crippen LogP contribution in [0, 0.1) is 0 Å². The van der Waals surface area contributed by atoms with Gasteiger partial charge in [-0.15, -0.1) is 0 Å². The minimum absolute atomic E-state index is 0.0376. The Morgan fingerprint density at radius 2 is 2.10 bits per heavy atom. The van der Waals surface area contributed by atoms with E-state index in [1.165, 1.54) is 0 Å². The van der Waals surface area contributed by atoms with Crippen LogP contribution in [0.2, 0.25) is 0 Å². The Morgan fingerprint density at radius 1 is 1.29 bits per heavy atom. The van der Waals surface area contributed by atoms with Crippen LogP contribution >= 0.6 is 0 Å². The van der Waals surface area contributed by atoms with Crippen molar-refractivity contribution in [2.75, 3.05) is 13.1 Å². The van der Waals surface area contributed by atoms with E-state index in [4.69, 9.17) is 4.74 Å². The summed E-state index contributed by atoms with van der Waals surface area (Å²) < 4.78 is 32.1. The molecule has 168 valence electrons. The highest BCUT2D eigenvalue weighted by Crippen LogP contribution is 2.33. The van der Waals surface area contributed by atoms with Crippen molar-refractivity contribution >= 4 is 11.8 Å². The van der Waals surface area contributed by atoms with Crippen LogP contribution in [0.1, 0.15) is 54.9 Å². The Labute approximate surface area is 181 Å². The van der Waals surface area contributed by atoms with Crippen molar-refractivity contribution in [2.24, 2.45) is 0 Å². The molecule has 1 aliphatic carbocycles. The summed E-state index contributed by atoms with van der Waals surface area (Å²) >= 11 is 0. The van der Waals surface area contributed by atoms with Gasteiger partial charge in [0.25, 0.3) is 12.3 Å². The smallest absolute Gasteiger partial charge is 0.255 e. The number of alkyl halides is 2. The number of halogens is 2. The van der Waals surface area contributed by atoms with Gasteiger partial charge in [-0.3, -0.25) is 14.5 Å². The Morgan fingerprint density at radius 3 is 2.81 bits per heavy atom. The fourth-order valence-electron chi connectivity index (χ4n) is 5.02. The molecule has 8 heteroatoms. The normalized spacial score (nSPS) is 26.0. The Balaban J connectivity index is 1.46. The van der Waals surface area contributed by atoms with Gasteiger partial charge in [0.1, 0.15) is 17.9 Å². The number of benzene rings is 1. The summed E-state index contributed by atoms with van der Waals surface area (Å²) in [5.74, 6) is 0.295. The number of hydrogen-bond donors (Lipinski definition) is 1. The average Bonchev–Trinajstić information content (AvgIpc) is 3.30. The zero-order valence-corrected chi connectivity index (χ0v) is 17.8. The molecule has 3 aliphatic rings. The molecule has 1 aromatic carbocycles. The van der Waals surface area contributed by atoms with Gasteiger partial charge in [0, 0.05) is 23.8 Å². The van der Waals surface area contributed by atoms with Gasteiger partial charge in [-0.25, -0.2) is 8.78 Å². The number of fused-ring (bicyclic) bond motifs is 1. The molecule has 1 N–H and O–H groups in total. The number of carbonyl (C=O) groups excluding carboxylic acids is 2. The van der Waals surface area contributed by atoms with Crippen molar-refractivity contribution in [3.8, 4) is 5.75 Å². The molecule has 0 bridgehead atoms. The van der Waals surface area contributed by atoms with E-state index in [1.54, 1.807) is 21.9 Å². The SMILES string of the molecule is C=C1CCC(N2Cc3cc(O[C@H]4CCC[C@@H]4N(CC)CC(F)F)ccc3C2=O)C(=O)N1. The number of rotatable bonds is 7. The van der Waals surface area contributed by atoms with Crippen molar-refractivity contribution in [3.05, 3.63) is 41.6 Å². The highest BCUT2D eigenvalue weighted by molar-refractivity contribution is 6.01. The first-order valence-electron chi connectivity index (χ1n) is 11.0. The molecule has 3 atom stereocenters. The van der Waals surface area contributed by atoms with Crippen LogP contribution in [0.4, 0.5) is 8.78 Å². The second kappa shape index (κ2) is 8.94. The molecule has 1 saturated carbocycles. The van der Waals surface area contributed by atoms with Crippen molar-refractivity contribution in [1.29, 1.82) is 0 Å². The van der Waals surface area contributed by atoms with E-state index in [0.29, 0.717) is 42.9 Å². The monoisotopic (exact) mass is 433 g/mol. The van der Waals surface area contributed by atoms with Crippen molar-refractivity contribution in [1.82, 2.24) is 15.1 Å². The molecule has 0 spiro atoms. The molecule has 2 amide bonds. The molecule has 0 aromatic heterocycles. The van der Waals surface area contributed by atoms with Gasteiger partial charge in [-0.05, 0) is 62.4 Å². The van der Waals surface area contributed by atoms with Crippen LogP contribution in [-0.4, -0.2) is 59.3 Å². The standard InChI is InChI=1S/C23H29F2N3O3/c1-3-27(13-21(24)25)18-5-4-6-20(18)31-16-8-9-17-15(11-16)12-28(23(17)30)19-10-7-14(2)26-22(19)29/h8-9,11,18-21H,2-7,10,12-13H2,1H3,(H,26,29)/t18-,19?,20-/m0/s1. The predicted octanol–water partition coefficient (Wildman–Crippen LogP) is 3.32. The fourth-order valence-corrected chi connectivity index (χ4v) is 5.02. The topological polar surface area (TPSA) is 61.9 Å². The lowest BCUT2D eigenvalue weighted by Gasteiger charge is -2.32. The van der Waals surface area contributed by atoms with E-state index >= 15 is 0 Å². The molecular weight excluding hydrogens is 404 g/mol. The first kappa shape index (κ1) is 21.7. The molecule has 1 unspecified atom stereocenters. The van der Waals surface area contributed by atoms with Crippen LogP contribution in [0.5, 0.6) is 5.75 Å². The average molecular weight is 433 g/mol. The third-order valence-corrected chi connectivity index (χ3v) is 6.56. The summed E-state index contributed by atoms with van der Waals surface area (Å²) in [6.07, 6.45) is 1.29. The van der Waals surface area contributed by atoms with Crippen LogP contribution in [-0.2, 0) is 11.3 Å². The molecule has 1 saturated heterocycles. The Hall–Kier alpha value is -2.48. The summed E-state index contributed by atoms with van der Waals surface area (Å²) in [6, 6.07) is 4.83. The maximum absolute atomic E-state index is 13.0. The van der Waals surface area contributed by atoms with Gasteiger partial charge in [0.05, 0.1) is 6.54 Å².